The van der Waals surface area contributed by atoms with Crippen molar-refractivity contribution in [1.82, 2.24) is 5.43 Å². The van der Waals surface area contributed by atoms with Gasteiger partial charge in [-0.05, 0) is 58.8 Å². The number of phenols is 1. The maximum atomic E-state index is 12.6. The number of carbonyl (C=O) groups is 2. The fraction of sp³-hybridized carbons (Fsp3) is 0.111. The molecule has 0 saturated carbocycles. The van der Waals surface area contributed by atoms with E-state index < -0.39 is 11.8 Å². The average molecular weight is 403 g/mol. The number of anilines is 1. The molecule has 1 saturated heterocycles. The number of hydrogen-bond acceptors (Lipinski definition) is 4. The molecule has 0 spiro atoms. The molecule has 0 unspecified atom stereocenters. The number of carbonyl (C=O) groups excluding carboxylic acids is 2. The highest BCUT2D eigenvalue weighted by Gasteiger charge is 2.34. The summed E-state index contributed by atoms with van der Waals surface area (Å²) in [6.07, 6.45) is 1.47. The molecule has 1 fully saturated rings. The molecule has 1 aliphatic rings. The van der Waals surface area contributed by atoms with Crippen LogP contribution in [0.5, 0.6) is 11.5 Å². The summed E-state index contributed by atoms with van der Waals surface area (Å²) < 4.78 is 5.77. The van der Waals surface area contributed by atoms with Crippen molar-refractivity contribution in [3.63, 3.8) is 0 Å². The first-order chi connectivity index (χ1) is 12.0. The van der Waals surface area contributed by atoms with Gasteiger partial charge in [-0.25, -0.2) is 5.01 Å². The molecule has 2 aromatic carbocycles. The van der Waals surface area contributed by atoms with Gasteiger partial charge in [-0.2, -0.15) is 0 Å². The van der Waals surface area contributed by atoms with Crippen molar-refractivity contribution < 1.29 is 19.4 Å². The Labute approximate surface area is 152 Å². The average Bonchev–Trinajstić information content (AvgIpc) is 2.88. The molecular formula is C18H15BrN2O4. The summed E-state index contributed by atoms with van der Waals surface area (Å²) in [6.45, 7) is 2.17. The number of nitrogens with zero attached hydrogens (tertiary/aromatic N) is 1. The van der Waals surface area contributed by atoms with Gasteiger partial charge in [-0.3, -0.25) is 15.0 Å². The van der Waals surface area contributed by atoms with Crippen LogP contribution in [0.25, 0.3) is 6.08 Å². The molecule has 7 heteroatoms. The number of nitrogens with one attached hydrogen (secondary N) is 1. The number of amides is 2. The van der Waals surface area contributed by atoms with Crippen LogP contribution in [0.4, 0.5) is 5.69 Å². The Morgan fingerprint density at radius 3 is 2.64 bits per heavy atom. The molecule has 3 rings (SSSR count). The Balaban J connectivity index is 1.96. The SMILES string of the molecule is CCOc1cc(/C=C2/C(=O)NN(c3ccccc3)C2=O)cc(Br)c1O. The number of hydrogen-bond donors (Lipinski definition) is 2. The molecule has 2 aromatic rings. The zero-order valence-electron chi connectivity index (χ0n) is 13.3. The van der Waals surface area contributed by atoms with Crippen molar-refractivity contribution in [2.75, 3.05) is 11.6 Å². The van der Waals surface area contributed by atoms with E-state index in [4.69, 9.17) is 4.74 Å². The summed E-state index contributed by atoms with van der Waals surface area (Å²) >= 11 is 3.24. The molecule has 6 nitrogen and oxygen atoms in total. The second-order valence-corrected chi connectivity index (χ2v) is 6.11. The third-order valence-corrected chi connectivity index (χ3v) is 4.17. The summed E-state index contributed by atoms with van der Waals surface area (Å²) in [6, 6.07) is 12.0. The van der Waals surface area contributed by atoms with E-state index >= 15 is 0 Å². The Morgan fingerprint density at radius 1 is 1.24 bits per heavy atom. The van der Waals surface area contributed by atoms with Crippen LogP contribution in [0.1, 0.15) is 12.5 Å². The predicted octanol–water partition coefficient (Wildman–Crippen LogP) is 3.01. The van der Waals surface area contributed by atoms with Gasteiger partial charge in [0.25, 0.3) is 11.8 Å². The first-order valence-electron chi connectivity index (χ1n) is 7.58. The molecular weight excluding hydrogens is 388 g/mol. The van der Waals surface area contributed by atoms with Gasteiger partial charge >= 0.3 is 0 Å². The van der Waals surface area contributed by atoms with E-state index in [-0.39, 0.29) is 17.1 Å². The Kier molecular flexibility index (Phi) is 4.76. The highest BCUT2D eigenvalue weighted by Crippen LogP contribution is 2.36. The number of rotatable bonds is 4. The quantitative estimate of drug-likeness (QED) is 0.608. The Bertz CT molecular complexity index is 865. The summed E-state index contributed by atoms with van der Waals surface area (Å²) in [4.78, 5) is 24.8. The highest BCUT2D eigenvalue weighted by molar-refractivity contribution is 9.10. The number of benzene rings is 2. The molecule has 128 valence electrons. The van der Waals surface area contributed by atoms with Crippen LogP contribution < -0.4 is 15.2 Å². The van der Waals surface area contributed by atoms with Gasteiger partial charge in [0.05, 0.1) is 16.8 Å². The van der Waals surface area contributed by atoms with Crippen LogP contribution in [0.2, 0.25) is 0 Å². The standard InChI is InChI=1S/C18H15BrN2O4/c1-2-25-15-10-11(9-14(19)16(15)22)8-13-17(23)20-21(18(13)24)12-6-4-3-5-7-12/h3-10,22H,2H2,1H3,(H,20,23)/b13-8-. The Morgan fingerprint density at radius 2 is 1.96 bits per heavy atom. The van der Waals surface area contributed by atoms with Crippen molar-refractivity contribution in [3.8, 4) is 11.5 Å². The fourth-order valence-corrected chi connectivity index (χ4v) is 2.89. The first-order valence-corrected chi connectivity index (χ1v) is 8.38. The van der Waals surface area contributed by atoms with E-state index in [1.54, 1.807) is 43.3 Å². The van der Waals surface area contributed by atoms with Crippen LogP contribution in [0.3, 0.4) is 0 Å². The molecule has 0 bridgehead atoms. The predicted molar refractivity (Wildman–Crippen MR) is 97.0 cm³/mol. The maximum absolute atomic E-state index is 12.6. The monoisotopic (exact) mass is 402 g/mol. The minimum atomic E-state index is -0.490. The van der Waals surface area contributed by atoms with Gasteiger partial charge in [-0.1, -0.05) is 18.2 Å². The lowest BCUT2D eigenvalue weighted by Gasteiger charge is -2.13. The molecule has 2 amide bonds. The molecule has 1 aliphatic heterocycles. The van der Waals surface area contributed by atoms with Crippen LogP contribution in [-0.4, -0.2) is 23.5 Å². The number of aromatic hydroxyl groups is 1. The van der Waals surface area contributed by atoms with Gasteiger partial charge in [0, 0.05) is 0 Å². The van der Waals surface area contributed by atoms with Crippen molar-refractivity contribution in [1.29, 1.82) is 0 Å². The highest BCUT2D eigenvalue weighted by atomic mass is 79.9. The van der Waals surface area contributed by atoms with E-state index in [0.717, 1.165) is 0 Å². The van der Waals surface area contributed by atoms with Gasteiger partial charge in [0.15, 0.2) is 11.5 Å². The number of ether oxygens (including phenoxy) is 1. The van der Waals surface area contributed by atoms with E-state index in [2.05, 4.69) is 21.4 Å². The van der Waals surface area contributed by atoms with Gasteiger partial charge in [-0.15, -0.1) is 0 Å². The van der Waals surface area contributed by atoms with Crippen LogP contribution in [0, 0.1) is 0 Å². The molecule has 0 atom stereocenters. The largest absolute Gasteiger partial charge is 0.503 e. The van der Waals surface area contributed by atoms with Gasteiger partial charge in [0.1, 0.15) is 5.57 Å². The fourth-order valence-electron chi connectivity index (χ4n) is 2.43. The Hall–Kier alpha value is -2.80. The first kappa shape index (κ1) is 17.0. The number of phenolic OH excluding ortho intramolecular Hbond substituents is 1. The molecule has 1 heterocycles. The van der Waals surface area contributed by atoms with E-state index in [0.29, 0.717) is 22.3 Å². The number of halogens is 1. The van der Waals surface area contributed by atoms with Crippen molar-refractivity contribution in [3.05, 3.63) is 58.1 Å². The van der Waals surface area contributed by atoms with Crippen molar-refractivity contribution in [2.24, 2.45) is 0 Å². The minimum Gasteiger partial charge on any atom is -0.503 e. The van der Waals surface area contributed by atoms with Gasteiger partial charge in [0.2, 0.25) is 0 Å². The second kappa shape index (κ2) is 6.98. The number of para-hydroxylation sites is 1. The smallest absolute Gasteiger partial charge is 0.282 e. The number of hydrazine groups is 1. The van der Waals surface area contributed by atoms with Crippen molar-refractivity contribution in [2.45, 2.75) is 6.92 Å². The summed E-state index contributed by atoms with van der Waals surface area (Å²) in [5, 5.41) is 11.2. The summed E-state index contributed by atoms with van der Waals surface area (Å²) in [7, 11) is 0. The molecule has 0 radical (unpaired) electrons. The normalized spacial score (nSPS) is 15.6. The van der Waals surface area contributed by atoms with E-state index in [1.807, 2.05) is 6.07 Å². The molecule has 0 aromatic heterocycles. The molecule has 0 aliphatic carbocycles. The summed E-state index contributed by atoms with van der Waals surface area (Å²) in [5.41, 5.74) is 3.68. The van der Waals surface area contributed by atoms with Crippen LogP contribution in [-0.2, 0) is 9.59 Å². The lowest BCUT2D eigenvalue weighted by molar-refractivity contribution is -0.117. The summed E-state index contributed by atoms with van der Waals surface area (Å²) in [5.74, 6) is -0.694. The van der Waals surface area contributed by atoms with Crippen molar-refractivity contribution >= 4 is 39.5 Å². The van der Waals surface area contributed by atoms with E-state index in [9.17, 15) is 14.7 Å². The van der Waals surface area contributed by atoms with Gasteiger partial charge < -0.3 is 9.84 Å². The van der Waals surface area contributed by atoms with Crippen LogP contribution in [0.15, 0.2) is 52.5 Å². The zero-order valence-corrected chi connectivity index (χ0v) is 14.9. The third-order valence-electron chi connectivity index (χ3n) is 3.57. The lowest BCUT2D eigenvalue weighted by Crippen LogP contribution is -2.35. The molecule has 25 heavy (non-hydrogen) atoms. The minimum absolute atomic E-state index is 0.00360. The van der Waals surface area contributed by atoms with Crippen LogP contribution >= 0.6 is 15.9 Å². The van der Waals surface area contributed by atoms with E-state index in [1.165, 1.54) is 11.1 Å². The zero-order chi connectivity index (χ0) is 18.0. The topological polar surface area (TPSA) is 78.9 Å². The third kappa shape index (κ3) is 3.36. The lowest BCUT2D eigenvalue weighted by atomic mass is 10.1. The second-order valence-electron chi connectivity index (χ2n) is 5.26. The maximum Gasteiger partial charge on any atom is 0.282 e. The molecule has 2 N–H and O–H groups in total.